The lowest BCUT2D eigenvalue weighted by Gasteiger charge is -2.07. The Kier molecular flexibility index (Phi) is 3.74. The van der Waals surface area contributed by atoms with Crippen LogP contribution in [0.2, 0.25) is 0 Å². The summed E-state index contributed by atoms with van der Waals surface area (Å²) in [5, 5.41) is 14.0. The maximum atomic E-state index is 10.8. The molecule has 0 saturated heterocycles. The summed E-state index contributed by atoms with van der Waals surface area (Å²) in [6.45, 7) is 2.95. The number of benzene rings is 1. The second kappa shape index (κ2) is 5.46. The second-order valence-electron chi connectivity index (χ2n) is 4.00. The lowest BCUT2D eigenvalue weighted by atomic mass is 10.1. The highest BCUT2D eigenvalue weighted by molar-refractivity contribution is 5.44. The van der Waals surface area contributed by atoms with Crippen molar-refractivity contribution >= 4 is 5.69 Å². The van der Waals surface area contributed by atoms with Gasteiger partial charge in [0.1, 0.15) is 5.76 Å². The Morgan fingerprint density at radius 3 is 2.78 bits per heavy atom. The predicted molar refractivity (Wildman–Crippen MR) is 67.1 cm³/mol. The molecule has 5 nitrogen and oxygen atoms in total. The highest BCUT2D eigenvalue weighted by Gasteiger charge is 2.12. The summed E-state index contributed by atoms with van der Waals surface area (Å²) in [7, 11) is 0. The van der Waals surface area contributed by atoms with E-state index in [2.05, 4.69) is 5.32 Å². The van der Waals surface area contributed by atoms with Crippen molar-refractivity contribution in [1.29, 1.82) is 0 Å². The summed E-state index contributed by atoms with van der Waals surface area (Å²) in [5.74, 6) is 0.845. The standard InChI is InChI=1S/C13H14N2O3/c1-10-11(4-2-6-13(10)15(16)17)8-14-9-12-5-3-7-18-12/h2-7,14H,8-9H2,1H3. The molecule has 94 valence electrons. The van der Waals surface area contributed by atoms with E-state index in [0.29, 0.717) is 18.7 Å². The maximum absolute atomic E-state index is 10.8. The van der Waals surface area contributed by atoms with Gasteiger partial charge in [0.2, 0.25) is 0 Å². The lowest BCUT2D eigenvalue weighted by Crippen LogP contribution is -2.13. The first-order valence-electron chi connectivity index (χ1n) is 5.64. The van der Waals surface area contributed by atoms with Crippen LogP contribution in [0.15, 0.2) is 41.0 Å². The van der Waals surface area contributed by atoms with Gasteiger partial charge >= 0.3 is 0 Å². The molecular formula is C13H14N2O3. The highest BCUT2D eigenvalue weighted by Crippen LogP contribution is 2.20. The Labute approximate surface area is 105 Å². The van der Waals surface area contributed by atoms with Gasteiger partial charge in [-0.15, -0.1) is 0 Å². The molecule has 2 aromatic rings. The number of hydrogen-bond acceptors (Lipinski definition) is 4. The summed E-state index contributed by atoms with van der Waals surface area (Å²) in [5.41, 5.74) is 1.79. The molecule has 0 aliphatic heterocycles. The van der Waals surface area contributed by atoms with E-state index in [-0.39, 0.29) is 10.6 Å². The van der Waals surface area contributed by atoms with Crippen molar-refractivity contribution in [3.05, 3.63) is 63.6 Å². The van der Waals surface area contributed by atoms with Crippen molar-refractivity contribution in [1.82, 2.24) is 5.32 Å². The third-order valence-electron chi connectivity index (χ3n) is 2.81. The van der Waals surface area contributed by atoms with E-state index in [1.807, 2.05) is 18.2 Å². The van der Waals surface area contributed by atoms with Crippen LogP contribution in [0, 0.1) is 17.0 Å². The second-order valence-corrected chi connectivity index (χ2v) is 4.00. The average molecular weight is 246 g/mol. The SMILES string of the molecule is Cc1c(CNCc2ccco2)cccc1[N+](=O)[O-]. The fourth-order valence-electron chi connectivity index (χ4n) is 1.79. The Hall–Kier alpha value is -2.14. The first kappa shape index (κ1) is 12.3. The van der Waals surface area contributed by atoms with E-state index in [4.69, 9.17) is 4.42 Å². The van der Waals surface area contributed by atoms with E-state index in [0.717, 1.165) is 11.3 Å². The Balaban J connectivity index is 2.01. The van der Waals surface area contributed by atoms with Crippen LogP contribution < -0.4 is 5.32 Å². The minimum Gasteiger partial charge on any atom is -0.468 e. The highest BCUT2D eigenvalue weighted by atomic mass is 16.6. The van der Waals surface area contributed by atoms with Crippen LogP contribution in [-0.2, 0) is 13.1 Å². The van der Waals surface area contributed by atoms with Gasteiger partial charge < -0.3 is 9.73 Å². The molecule has 0 saturated carbocycles. The maximum Gasteiger partial charge on any atom is 0.272 e. The van der Waals surface area contributed by atoms with Crippen molar-refractivity contribution in [3.63, 3.8) is 0 Å². The lowest BCUT2D eigenvalue weighted by molar-refractivity contribution is -0.385. The van der Waals surface area contributed by atoms with Crippen LogP contribution >= 0.6 is 0 Å². The van der Waals surface area contributed by atoms with Crippen molar-refractivity contribution in [3.8, 4) is 0 Å². The number of nitro benzene ring substituents is 1. The molecule has 1 aromatic carbocycles. The van der Waals surface area contributed by atoms with Gasteiger partial charge in [0, 0.05) is 18.2 Å². The van der Waals surface area contributed by atoms with Crippen LogP contribution in [0.4, 0.5) is 5.69 Å². The van der Waals surface area contributed by atoms with Crippen molar-refractivity contribution in [2.75, 3.05) is 0 Å². The zero-order chi connectivity index (χ0) is 13.0. The van der Waals surface area contributed by atoms with E-state index in [9.17, 15) is 10.1 Å². The van der Waals surface area contributed by atoms with Gasteiger partial charge in [-0.2, -0.15) is 0 Å². The largest absolute Gasteiger partial charge is 0.468 e. The quantitative estimate of drug-likeness (QED) is 0.650. The zero-order valence-electron chi connectivity index (χ0n) is 10.1. The Morgan fingerprint density at radius 2 is 2.11 bits per heavy atom. The summed E-state index contributed by atoms with van der Waals surface area (Å²) in [4.78, 5) is 10.4. The number of hydrogen-bond donors (Lipinski definition) is 1. The van der Waals surface area contributed by atoms with Gasteiger partial charge in [-0.1, -0.05) is 12.1 Å². The molecule has 1 heterocycles. The molecule has 0 spiro atoms. The molecule has 0 aliphatic rings. The van der Waals surface area contributed by atoms with Gasteiger partial charge in [0.15, 0.2) is 0 Å². The van der Waals surface area contributed by atoms with Crippen LogP contribution in [0.5, 0.6) is 0 Å². The van der Waals surface area contributed by atoms with Crippen LogP contribution in [-0.4, -0.2) is 4.92 Å². The number of furan rings is 1. The van der Waals surface area contributed by atoms with Crippen LogP contribution in [0.25, 0.3) is 0 Å². The summed E-state index contributed by atoms with van der Waals surface area (Å²) in [6, 6.07) is 8.82. The van der Waals surface area contributed by atoms with E-state index >= 15 is 0 Å². The van der Waals surface area contributed by atoms with E-state index < -0.39 is 0 Å². The van der Waals surface area contributed by atoms with Crippen molar-refractivity contribution in [2.45, 2.75) is 20.0 Å². The number of nitro groups is 1. The minimum absolute atomic E-state index is 0.160. The average Bonchev–Trinajstić information content (AvgIpc) is 2.84. The molecule has 1 N–H and O–H groups in total. The number of nitrogens with one attached hydrogen (secondary N) is 1. The summed E-state index contributed by atoms with van der Waals surface area (Å²) >= 11 is 0. The van der Waals surface area contributed by atoms with Gasteiger partial charge in [-0.05, 0) is 24.6 Å². The molecule has 5 heteroatoms. The van der Waals surface area contributed by atoms with Gasteiger partial charge in [0.25, 0.3) is 5.69 Å². The van der Waals surface area contributed by atoms with Gasteiger partial charge in [-0.3, -0.25) is 10.1 Å². The molecule has 2 rings (SSSR count). The molecule has 0 unspecified atom stereocenters. The monoisotopic (exact) mass is 246 g/mol. The van der Waals surface area contributed by atoms with Crippen molar-refractivity contribution in [2.24, 2.45) is 0 Å². The van der Waals surface area contributed by atoms with E-state index in [1.54, 1.807) is 19.3 Å². The fourth-order valence-corrected chi connectivity index (χ4v) is 1.79. The minimum atomic E-state index is -0.356. The van der Waals surface area contributed by atoms with Crippen LogP contribution in [0.3, 0.4) is 0 Å². The molecule has 0 bridgehead atoms. The van der Waals surface area contributed by atoms with Gasteiger partial charge in [-0.25, -0.2) is 0 Å². The third kappa shape index (κ3) is 2.75. The smallest absolute Gasteiger partial charge is 0.272 e. The van der Waals surface area contributed by atoms with Crippen molar-refractivity contribution < 1.29 is 9.34 Å². The summed E-state index contributed by atoms with van der Waals surface area (Å²) < 4.78 is 5.19. The molecule has 0 radical (unpaired) electrons. The number of rotatable bonds is 5. The fraction of sp³-hybridized carbons (Fsp3) is 0.231. The molecule has 0 atom stereocenters. The first-order chi connectivity index (χ1) is 8.68. The molecular weight excluding hydrogens is 232 g/mol. The molecule has 1 aromatic heterocycles. The molecule has 0 aliphatic carbocycles. The normalized spacial score (nSPS) is 10.5. The Morgan fingerprint density at radius 1 is 1.28 bits per heavy atom. The molecule has 0 amide bonds. The third-order valence-corrected chi connectivity index (χ3v) is 2.81. The first-order valence-corrected chi connectivity index (χ1v) is 5.64. The molecule has 0 fully saturated rings. The topological polar surface area (TPSA) is 68.3 Å². The van der Waals surface area contributed by atoms with Gasteiger partial charge in [0.05, 0.1) is 17.7 Å². The predicted octanol–water partition coefficient (Wildman–Crippen LogP) is 2.79. The van der Waals surface area contributed by atoms with Crippen LogP contribution in [0.1, 0.15) is 16.9 Å². The van der Waals surface area contributed by atoms with E-state index in [1.165, 1.54) is 6.07 Å². The molecule has 18 heavy (non-hydrogen) atoms. The number of nitrogens with zero attached hydrogens (tertiary/aromatic N) is 1. The Bertz CT molecular complexity index is 535. The zero-order valence-corrected chi connectivity index (χ0v) is 10.1. The summed E-state index contributed by atoms with van der Waals surface area (Å²) in [6.07, 6.45) is 1.62.